The summed E-state index contributed by atoms with van der Waals surface area (Å²) in [5.74, 6) is 0.154. The van der Waals surface area contributed by atoms with E-state index in [0.717, 1.165) is 56.3 Å². The summed E-state index contributed by atoms with van der Waals surface area (Å²) in [5, 5.41) is 3.00. The summed E-state index contributed by atoms with van der Waals surface area (Å²) in [5.41, 5.74) is 1.28. The average Bonchev–Trinajstić information content (AvgIpc) is 2.88. The van der Waals surface area contributed by atoms with Gasteiger partial charge in [0.25, 0.3) is 0 Å². The van der Waals surface area contributed by atoms with Gasteiger partial charge in [0.15, 0.2) is 0 Å². The number of halogens is 2. The summed E-state index contributed by atoms with van der Waals surface area (Å²) in [7, 11) is 2.06. The number of rotatable bonds is 12. The van der Waals surface area contributed by atoms with Crippen molar-refractivity contribution < 1.29 is 18.3 Å². The molecule has 1 saturated heterocycles. The van der Waals surface area contributed by atoms with E-state index in [1.165, 1.54) is 31.4 Å². The van der Waals surface area contributed by atoms with E-state index in [9.17, 15) is 13.6 Å². The molecule has 2 aromatic rings. The Bertz CT molecular complexity index is 946. The van der Waals surface area contributed by atoms with Gasteiger partial charge >= 0.3 is 6.03 Å². The quantitative estimate of drug-likeness (QED) is 0.368. The van der Waals surface area contributed by atoms with E-state index in [0.29, 0.717) is 18.0 Å². The molecule has 1 atom stereocenters. The number of nitrogens with zero attached hydrogens (tertiary/aromatic N) is 2. The van der Waals surface area contributed by atoms with E-state index in [2.05, 4.69) is 31.1 Å². The number of likely N-dealkylation sites (tertiary alicyclic amines) is 1. The molecule has 0 saturated carbocycles. The zero-order chi connectivity index (χ0) is 25.9. The first-order valence-electron chi connectivity index (χ1n) is 13.3. The van der Waals surface area contributed by atoms with Crippen LogP contribution in [0.3, 0.4) is 0 Å². The lowest BCUT2D eigenvalue weighted by molar-refractivity contribution is 0.126. The number of hydrogen-bond acceptors (Lipinski definition) is 3. The summed E-state index contributed by atoms with van der Waals surface area (Å²) in [6.45, 7) is 7.35. The molecule has 2 amide bonds. The van der Waals surface area contributed by atoms with E-state index in [1.807, 2.05) is 24.3 Å². The Morgan fingerprint density at radius 3 is 2.50 bits per heavy atom. The predicted octanol–water partition coefficient (Wildman–Crippen LogP) is 6.37. The molecule has 198 valence electrons. The highest BCUT2D eigenvalue weighted by atomic mass is 19.1. The van der Waals surface area contributed by atoms with Crippen molar-refractivity contribution in [3.05, 3.63) is 65.2 Å². The lowest BCUT2D eigenvalue weighted by Gasteiger charge is -2.37. The van der Waals surface area contributed by atoms with Crippen LogP contribution in [0.15, 0.2) is 42.5 Å². The molecule has 7 heteroatoms. The SMILES string of the molecule is CCCCC(CC)COc1ccc(CNC(=O)N(Cc2ccc(F)cc2F)C2CCN(C)CC2)cc1. The van der Waals surface area contributed by atoms with Gasteiger partial charge in [0.05, 0.1) is 13.2 Å². The second-order valence-electron chi connectivity index (χ2n) is 9.93. The fourth-order valence-corrected chi connectivity index (χ4v) is 4.60. The van der Waals surface area contributed by atoms with Gasteiger partial charge in [-0.25, -0.2) is 13.6 Å². The summed E-state index contributed by atoms with van der Waals surface area (Å²) in [6.07, 6.45) is 6.35. The van der Waals surface area contributed by atoms with Crippen LogP contribution in [0.4, 0.5) is 13.6 Å². The van der Waals surface area contributed by atoms with Crippen LogP contribution in [0.1, 0.15) is 63.5 Å². The lowest BCUT2D eigenvalue weighted by atomic mass is 10.0. The maximum atomic E-state index is 14.4. The number of carbonyl (C=O) groups excluding carboxylic acids is 1. The van der Waals surface area contributed by atoms with Gasteiger partial charge in [-0.1, -0.05) is 51.3 Å². The molecule has 1 N–H and O–H groups in total. The molecule has 0 spiro atoms. The van der Waals surface area contributed by atoms with Crippen molar-refractivity contribution in [3.63, 3.8) is 0 Å². The van der Waals surface area contributed by atoms with Gasteiger partial charge in [0, 0.05) is 24.2 Å². The van der Waals surface area contributed by atoms with E-state index in [4.69, 9.17) is 4.74 Å². The van der Waals surface area contributed by atoms with Crippen molar-refractivity contribution in [1.29, 1.82) is 0 Å². The van der Waals surface area contributed by atoms with Crippen molar-refractivity contribution >= 4 is 6.03 Å². The number of amides is 2. The molecule has 2 aromatic carbocycles. The van der Waals surface area contributed by atoms with Gasteiger partial charge in [0.2, 0.25) is 0 Å². The minimum Gasteiger partial charge on any atom is -0.493 e. The molecule has 1 fully saturated rings. The molecule has 1 heterocycles. The van der Waals surface area contributed by atoms with Crippen molar-refractivity contribution in [2.75, 3.05) is 26.7 Å². The van der Waals surface area contributed by atoms with Crippen LogP contribution in [0, 0.1) is 17.6 Å². The van der Waals surface area contributed by atoms with Gasteiger partial charge < -0.3 is 19.9 Å². The second kappa shape index (κ2) is 14.2. The standard InChI is InChI=1S/C29H41F2N3O2/c1-4-6-7-22(5-2)21-36-27-12-8-23(9-13-27)19-32-29(35)34(26-14-16-33(3)17-15-26)20-24-10-11-25(30)18-28(24)31/h8-13,18,22,26H,4-7,14-17,19-21H2,1-3H3,(H,32,35). The van der Waals surface area contributed by atoms with E-state index in [-0.39, 0.29) is 18.6 Å². The van der Waals surface area contributed by atoms with Gasteiger partial charge in [0.1, 0.15) is 17.4 Å². The van der Waals surface area contributed by atoms with E-state index < -0.39 is 11.6 Å². The van der Waals surface area contributed by atoms with Crippen LogP contribution < -0.4 is 10.1 Å². The number of piperidine rings is 1. The van der Waals surface area contributed by atoms with Crippen molar-refractivity contribution in [2.24, 2.45) is 5.92 Å². The smallest absolute Gasteiger partial charge is 0.318 e. The molecular weight excluding hydrogens is 460 g/mol. The Morgan fingerprint density at radius 2 is 1.86 bits per heavy atom. The summed E-state index contributed by atoms with van der Waals surface area (Å²) in [6, 6.07) is 11.1. The van der Waals surface area contributed by atoms with Gasteiger partial charge in [-0.2, -0.15) is 0 Å². The third-order valence-corrected chi connectivity index (χ3v) is 7.14. The highest BCUT2D eigenvalue weighted by molar-refractivity contribution is 5.74. The Hall–Kier alpha value is -2.67. The number of carbonyl (C=O) groups is 1. The molecule has 0 bridgehead atoms. The van der Waals surface area contributed by atoms with Crippen LogP contribution in [-0.2, 0) is 13.1 Å². The zero-order valence-corrected chi connectivity index (χ0v) is 21.9. The molecule has 0 aliphatic carbocycles. The van der Waals surface area contributed by atoms with Gasteiger partial charge in [-0.3, -0.25) is 0 Å². The number of benzene rings is 2. The average molecular weight is 502 g/mol. The van der Waals surface area contributed by atoms with Crippen molar-refractivity contribution in [1.82, 2.24) is 15.1 Å². The molecule has 1 unspecified atom stereocenters. The normalized spacial score (nSPS) is 15.5. The van der Waals surface area contributed by atoms with E-state index in [1.54, 1.807) is 4.90 Å². The highest BCUT2D eigenvalue weighted by Gasteiger charge is 2.28. The number of nitrogens with one attached hydrogen (secondary N) is 1. The molecule has 1 aliphatic rings. The number of hydrogen-bond donors (Lipinski definition) is 1. The number of ether oxygens (including phenoxy) is 1. The minimum atomic E-state index is -0.628. The zero-order valence-electron chi connectivity index (χ0n) is 21.9. The number of urea groups is 1. The molecule has 0 radical (unpaired) electrons. The van der Waals surface area contributed by atoms with Gasteiger partial charge in [-0.15, -0.1) is 0 Å². The predicted molar refractivity (Wildman–Crippen MR) is 140 cm³/mol. The lowest BCUT2D eigenvalue weighted by Crippen LogP contribution is -2.49. The Balaban J connectivity index is 1.58. The molecule has 5 nitrogen and oxygen atoms in total. The monoisotopic (exact) mass is 501 g/mol. The third kappa shape index (κ3) is 8.47. The molecular formula is C29H41F2N3O2. The van der Waals surface area contributed by atoms with Crippen LogP contribution in [0.25, 0.3) is 0 Å². The molecule has 3 rings (SSSR count). The topological polar surface area (TPSA) is 44.8 Å². The third-order valence-electron chi connectivity index (χ3n) is 7.14. The van der Waals surface area contributed by atoms with Crippen LogP contribution in [-0.4, -0.2) is 48.6 Å². The largest absolute Gasteiger partial charge is 0.493 e. The van der Waals surface area contributed by atoms with E-state index >= 15 is 0 Å². The van der Waals surface area contributed by atoms with Crippen molar-refractivity contribution in [2.45, 2.75) is 71.5 Å². The molecule has 0 aromatic heterocycles. The van der Waals surface area contributed by atoms with Crippen LogP contribution in [0.2, 0.25) is 0 Å². The summed E-state index contributed by atoms with van der Waals surface area (Å²) < 4.78 is 33.7. The first-order valence-corrected chi connectivity index (χ1v) is 13.3. The fraction of sp³-hybridized carbons (Fsp3) is 0.552. The Kier molecular flexibility index (Phi) is 11.0. The van der Waals surface area contributed by atoms with Crippen LogP contribution in [0.5, 0.6) is 5.75 Å². The molecule has 1 aliphatic heterocycles. The molecule has 36 heavy (non-hydrogen) atoms. The maximum absolute atomic E-state index is 14.4. The fourth-order valence-electron chi connectivity index (χ4n) is 4.60. The Labute approximate surface area is 214 Å². The summed E-state index contributed by atoms with van der Waals surface area (Å²) >= 11 is 0. The first kappa shape index (κ1) is 27.9. The Morgan fingerprint density at radius 1 is 1.14 bits per heavy atom. The van der Waals surface area contributed by atoms with Gasteiger partial charge in [-0.05, 0) is 69.1 Å². The number of unbranched alkanes of at least 4 members (excludes halogenated alkanes) is 1. The minimum absolute atomic E-state index is 0.000601. The second-order valence-corrected chi connectivity index (χ2v) is 9.93. The first-order chi connectivity index (χ1) is 17.4. The summed E-state index contributed by atoms with van der Waals surface area (Å²) in [4.78, 5) is 17.1. The van der Waals surface area contributed by atoms with Crippen LogP contribution >= 0.6 is 0 Å². The maximum Gasteiger partial charge on any atom is 0.318 e. The van der Waals surface area contributed by atoms with Crippen molar-refractivity contribution in [3.8, 4) is 5.75 Å². The highest BCUT2D eigenvalue weighted by Crippen LogP contribution is 2.21.